The van der Waals surface area contributed by atoms with E-state index in [0.29, 0.717) is 24.2 Å². The number of carbonyl (C=O) groups excluding carboxylic acids is 2. The molecule has 190 valence electrons. The molecule has 1 fully saturated rings. The Labute approximate surface area is 221 Å². The van der Waals surface area contributed by atoms with Crippen LogP contribution < -0.4 is 10.6 Å². The molecule has 2 amide bonds. The normalized spacial score (nSPS) is 15.0. The van der Waals surface area contributed by atoms with Gasteiger partial charge in [0.1, 0.15) is 6.04 Å². The lowest BCUT2D eigenvalue weighted by Crippen LogP contribution is -2.48. The number of anilines is 1. The molecule has 1 saturated carbocycles. The van der Waals surface area contributed by atoms with E-state index in [-0.39, 0.29) is 27.9 Å². The first kappa shape index (κ1) is 27.5. The van der Waals surface area contributed by atoms with E-state index in [0.717, 1.165) is 38.5 Å². The molecule has 9 heteroatoms. The van der Waals surface area contributed by atoms with Gasteiger partial charge in [-0.2, -0.15) is 0 Å². The van der Waals surface area contributed by atoms with Crippen molar-refractivity contribution in [1.82, 2.24) is 5.32 Å². The minimum Gasteiger partial charge on any atom is -0.480 e. The highest BCUT2D eigenvalue weighted by Crippen LogP contribution is 2.42. The quantitative estimate of drug-likeness (QED) is 0.245. The Morgan fingerprint density at radius 1 is 1.03 bits per heavy atom. The Morgan fingerprint density at radius 2 is 1.67 bits per heavy atom. The molecule has 3 N–H and O–H groups in total. The fraction of sp³-hybridized carbons (Fsp3) is 0.407. The van der Waals surface area contributed by atoms with Crippen molar-refractivity contribution >= 4 is 46.7 Å². The molecule has 1 atom stereocenters. The zero-order valence-corrected chi connectivity index (χ0v) is 21.4. The summed E-state index contributed by atoms with van der Waals surface area (Å²) < 4.78 is 0. The fourth-order valence-corrected chi connectivity index (χ4v) is 5.25. The smallest absolute Gasteiger partial charge is 0.326 e. The Morgan fingerprint density at radius 3 is 2.25 bits per heavy atom. The van der Waals surface area contributed by atoms with Gasteiger partial charge in [0, 0.05) is 23.9 Å². The van der Waals surface area contributed by atoms with Crippen LogP contribution >= 0.6 is 23.2 Å². The van der Waals surface area contributed by atoms with Gasteiger partial charge in [0.25, 0.3) is 5.91 Å². The summed E-state index contributed by atoms with van der Waals surface area (Å²) >= 11 is 12.2. The van der Waals surface area contributed by atoms with Crippen LogP contribution in [0.2, 0.25) is 10.0 Å². The number of rotatable bonds is 11. The average molecular weight is 530 g/mol. The first-order valence-corrected chi connectivity index (χ1v) is 12.7. The molecule has 0 saturated heterocycles. The maximum absolute atomic E-state index is 13.2. The van der Waals surface area contributed by atoms with Gasteiger partial charge < -0.3 is 20.6 Å². The van der Waals surface area contributed by atoms with Crippen molar-refractivity contribution in [2.75, 3.05) is 11.9 Å². The van der Waals surface area contributed by atoms with Crippen molar-refractivity contribution in [3.05, 3.63) is 75.1 Å². The van der Waals surface area contributed by atoms with Crippen LogP contribution in [0.3, 0.4) is 0 Å². The number of amides is 2. The third-order valence-corrected chi connectivity index (χ3v) is 7.29. The number of halogens is 2. The second kappa shape index (κ2) is 12.8. The zero-order valence-electron chi connectivity index (χ0n) is 19.9. The van der Waals surface area contributed by atoms with Crippen LogP contribution in [0.15, 0.2) is 42.5 Å². The summed E-state index contributed by atoms with van der Waals surface area (Å²) in [6.45, 7) is 7.36. The standard InChI is InChI=1S/C27H29Cl2N3O4/c1-30-16-5-4-15-27(13-2-3-14-27)26(36)32-22(25(34)35)17-18-9-11-19(12-10-18)31-24(33)23-20(28)7-6-8-21(23)29/h6-12,22H,2-5,13-17H2,(H,31,33)(H,32,36)(H,34,35). The van der Waals surface area contributed by atoms with Crippen molar-refractivity contribution in [1.29, 1.82) is 0 Å². The van der Waals surface area contributed by atoms with Gasteiger partial charge in [0.15, 0.2) is 0 Å². The average Bonchev–Trinajstić information content (AvgIpc) is 3.32. The minimum absolute atomic E-state index is 0.111. The number of benzene rings is 2. The molecule has 0 aromatic heterocycles. The summed E-state index contributed by atoms with van der Waals surface area (Å²) in [4.78, 5) is 41.1. The van der Waals surface area contributed by atoms with Gasteiger partial charge in [-0.05, 0) is 55.5 Å². The summed E-state index contributed by atoms with van der Waals surface area (Å²) in [5, 5.41) is 15.8. The number of nitrogens with one attached hydrogen (secondary N) is 2. The summed E-state index contributed by atoms with van der Waals surface area (Å²) in [5.74, 6) is -1.77. The number of unbranched alkanes of at least 4 members (excludes halogenated alkanes) is 1. The summed E-state index contributed by atoms with van der Waals surface area (Å²) in [7, 11) is 0. The second-order valence-electron chi connectivity index (χ2n) is 9.14. The van der Waals surface area contributed by atoms with Gasteiger partial charge in [-0.3, -0.25) is 9.59 Å². The minimum atomic E-state index is -1.10. The van der Waals surface area contributed by atoms with Crippen molar-refractivity contribution < 1.29 is 19.5 Å². The molecule has 0 bridgehead atoms. The summed E-state index contributed by atoms with van der Waals surface area (Å²) in [5.41, 5.74) is 0.826. The van der Waals surface area contributed by atoms with Crippen LogP contribution in [-0.2, 0) is 16.0 Å². The van der Waals surface area contributed by atoms with Crippen molar-refractivity contribution in [3.63, 3.8) is 0 Å². The third kappa shape index (κ3) is 6.99. The van der Waals surface area contributed by atoms with E-state index in [1.165, 1.54) is 0 Å². The predicted molar refractivity (Wildman–Crippen MR) is 140 cm³/mol. The third-order valence-electron chi connectivity index (χ3n) is 6.66. The number of aliphatic carboxylic acids is 1. The van der Waals surface area contributed by atoms with Crippen LogP contribution in [0.1, 0.15) is 60.9 Å². The molecule has 1 aliphatic carbocycles. The topological polar surface area (TPSA) is 99.9 Å². The van der Waals surface area contributed by atoms with Crippen LogP contribution in [0.4, 0.5) is 5.69 Å². The molecule has 2 aromatic rings. The van der Waals surface area contributed by atoms with E-state index < -0.39 is 23.3 Å². The number of carbonyl (C=O) groups is 3. The number of carboxylic acids is 1. The molecule has 1 aliphatic rings. The van der Waals surface area contributed by atoms with Crippen molar-refractivity contribution in [2.24, 2.45) is 5.41 Å². The SMILES string of the molecule is [C-]#[N+]CCCCC1(C(=O)NC(Cc2ccc(NC(=O)c3c(Cl)cccc3Cl)cc2)C(=O)O)CCCC1. The van der Waals surface area contributed by atoms with Gasteiger partial charge in [0.2, 0.25) is 12.5 Å². The molecule has 36 heavy (non-hydrogen) atoms. The Balaban J connectivity index is 1.63. The predicted octanol–water partition coefficient (Wildman–Crippen LogP) is 6.01. The van der Waals surface area contributed by atoms with Gasteiger partial charge in [-0.25, -0.2) is 11.4 Å². The van der Waals surface area contributed by atoms with Gasteiger partial charge in [-0.15, -0.1) is 0 Å². The number of carboxylic acid groups (broad SMARTS) is 1. The largest absolute Gasteiger partial charge is 0.480 e. The summed E-state index contributed by atoms with van der Waals surface area (Å²) in [6, 6.07) is 10.5. The van der Waals surface area contributed by atoms with Crippen LogP contribution in [0.25, 0.3) is 4.85 Å². The first-order valence-electron chi connectivity index (χ1n) is 12.0. The van der Waals surface area contributed by atoms with E-state index in [1.807, 2.05) is 0 Å². The molecular weight excluding hydrogens is 501 g/mol. The van der Waals surface area contributed by atoms with Crippen molar-refractivity contribution in [3.8, 4) is 0 Å². The molecule has 0 spiro atoms. The first-order chi connectivity index (χ1) is 17.3. The molecule has 0 radical (unpaired) electrons. The van der Waals surface area contributed by atoms with Crippen molar-refractivity contribution in [2.45, 2.75) is 57.4 Å². The van der Waals surface area contributed by atoms with Crippen LogP contribution in [0.5, 0.6) is 0 Å². The lowest BCUT2D eigenvalue weighted by atomic mass is 9.79. The van der Waals surface area contributed by atoms with Gasteiger partial charge in [0.05, 0.1) is 15.6 Å². The van der Waals surface area contributed by atoms with Gasteiger partial charge >= 0.3 is 5.97 Å². The highest BCUT2D eigenvalue weighted by Gasteiger charge is 2.41. The molecule has 7 nitrogen and oxygen atoms in total. The van der Waals surface area contributed by atoms with E-state index >= 15 is 0 Å². The Bertz CT molecular complexity index is 1120. The monoisotopic (exact) mass is 529 g/mol. The van der Waals surface area contributed by atoms with E-state index in [4.69, 9.17) is 29.8 Å². The number of nitrogens with zero attached hydrogens (tertiary/aromatic N) is 1. The van der Waals surface area contributed by atoms with Crippen LogP contribution in [0, 0.1) is 12.0 Å². The molecule has 1 unspecified atom stereocenters. The van der Waals surface area contributed by atoms with Gasteiger partial charge in [-0.1, -0.05) is 54.2 Å². The molecular formula is C27H29Cl2N3O4. The maximum atomic E-state index is 13.2. The lowest BCUT2D eigenvalue weighted by Gasteiger charge is -2.29. The zero-order chi connectivity index (χ0) is 26.1. The Hall–Kier alpha value is -3.08. The summed E-state index contributed by atoms with van der Waals surface area (Å²) in [6.07, 6.45) is 5.68. The molecule has 0 heterocycles. The van der Waals surface area contributed by atoms with E-state index in [1.54, 1.807) is 42.5 Å². The molecule has 2 aromatic carbocycles. The highest BCUT2D eigenvalue weighted by molar-refractivity contribution is 6.40. The van der Waals surface area contributed by atoms with E-state index in [9.17, 15) is 19.5 Å². The number of hydrogen-bond donors (Lipinski definition) is 3. The van der Waals surface area contributed by atoms with E-state index in [2.05, 4.69) is 15.5 Å². The molecule has 0 aliphatic heterocycles. The Kier molecular flexibility index (Phi) is 9.74. The second-order valence-corrected chi connectivity index (χ2v) is 9.96. The van der Waals surface area contributed by atoms with Crippen LogP contribution in [-0.4, -0.2) is 35.5 Å². The number of hydrogen-bond acceptors (Lipinski definition) is 3. The highest BCUT2D eigenvalue weighted by atomic mass is 35.5. The molecule has 3 rings (SSSR count). The fourth-order valence-electron chi connectivity index (χ4n) is 4.68. The maximum Gasteiger partial charge on any atom is 0.326 e. The lowest BCUT2D eigenvalue weighted by molar-refractivity contribution is -0.144.